The van der Waals surface area contributed by atoms with Gasteiger partial charge < -0.3 is 10.5 Å². The predicted octanol–water partition coefficient (Wildman–Crippen LogP) is 2.01. The number of anilines is 1. The summed E-state index contributed by atoms with van der Waals surface area (Å²) in [6, 6.07) is 6.76. The number of benzene rings is 1. The number of nitrogens with zero attached hydrogens (tertiary/aromatic N) is 2. The third kappa shape index (κ3) is 2.26. The van der Waals surface area contributed by atoms with Crippen LogP contribution in [0.25, 0.3) is 11.4 Å². The zero-order valence-electron chi connectivity index (χ0n) is 10.4. The van der Waals surface area contributed by atoms with Gasteiger partial charge in [0.2, 0.25) is 0 Å². The van der Waals surface area contributed by atoms with Gasteiger partial charge in [0.25, 0.3) is 0 Å². The van der Waals surface area contributed by atoms with Gasteiger partial charge in [-0.2, -0.15) is 0 Å². The number of aromatic nitrogens is 2. The second-order valence-electron chi connectivity index (χ2n) is 4.00. The predicted molar refractivity (Wildman–Crippen MR) is 71.1 cm³/mol. The molecule has 0 unspecified atom stereocenters. The SMILES string of the molecule is CCc1c(C)nc(-c2ccc(O)cc2)nc1NN. The Kier molecular flexibility index (Phi) is 3.43. The quantitative estimate of drug-likeness (QED) is 0.568. The first kappa shape index (κ1) is 12.3. The summed E-state index contributed by atoms with van der Waals surface area (Å²) in [6.45, 7) is 3.97. The summed E-state index contributed by atoms with van der Waals surface area (Å²) in [5.41, 5.74) is 5.37. The van der Waals surface area contributed by atoms with E-state index >= 15 is 0 Å². The van der Waals surface area contributed by atoms with E-state index in [1.165, 1.54) is 0 Å². The van der Waals surface area contributed by atoms with Gasteiger partial charge in [-0.05, 0) is 37.6 Å². The van der Waals surface area contributed by atoms with Crippen molar-refractivity contribution in [2.45, 2.75) is 20.3 Å². The summed E-state index contributed by atoms with van der Waals surface area (Å²) in [4.78, 5) is 8.86. The van der Waals surface area contributed by atoms with Gasteiger partial charge in [-0.1, -0.05) is 6.92 Å². The molecule has 0 atom stereocenters. The number of nitrogen functional groups attached to an aromatic ring is 1. The molecule has 1 heterocycles. The number of aryl methyl sites for hydroxylation is 1. The molecule has 2 aromatic rings. The third-order valence-corrected chi connectivity index (χ3v) is 2.83. The molecular weight excluding hydrogens is 228 g/mol. The van der Waals surface area contributed by atoms with E-state index in [9.17, 15) is 5.11 Å². The lowest BCUT2D eigenvalue weighted by molar-refractivity contribution is 0.475. The van der Waals surface area contributed by atoms with Crippen molar-refractivity contribution in [3.8, 4) is 17.1 Å². The van der Waals surface area contributed by atoms with E-state index in [4.69, 9.17) is 5.84 Å². The summed E-state index contributed by atoms with van der Waals surface area (Å²) in [7, 11) is 0. The van der Waals surface area contributed by atoms with Crippen LogP contribution in [0.4, 0.5) is 5.82 Å². The van der Waals surface area contributed by atoms with Crippen LogP contribution < -0.4 is 11.3 Å². The normalized spacial score (nSPS) is 10.4. The fourth-order valence-electron chi connectivity index (χ4n) is 1.88. The van der Waals surface area contributed by atoms with Crippen LogP contribution in [0.15, 0.2) is 24.3 Å². The number of rotatable bonds is 3. The summed E-state index contributed by atoms with van der Waals surface area (Å²) in [5.74, 6) is 6.95. The monoisotopic (exact) mass is 244 g/mol. The average Bonchev–Trinajstić information content (AvgIpc) is 2.38. The third-order valence-electron chi connectivity index (χ3n) is 2.83. The van der Waals surface area contributed by atoms with Gasteiger partial charge in [0.1, 0.15) is 11.6 Å². The molecule has 0 radical (unpaired) electrons. The average molecular weight is 244 g/mol. The van der Waals surface area contributed by atoms with Crippen molar-refractivity contribution in [1.82, 2.24) is 9.97 Å². The maximum absolute atomic E-state index is 9.27. The van der Waals surface area contributed by atoms with Gasteiger partial charge in [-0.3, -0.25) is 0 Å². The first-order valence-electron chi connectivity index (χ1n) is 5.79. The molecule has 5 nitrogen and oxygen atoms in total. The van der Waals surface area contributed by atoms with Crippen molar-refractivity contribution in [2.75, 3.05) is 5.43 Å². The molecule has 18 heavy (non-hydrogen) atoms. The minimum Gasteiger partial charge on any atom is -0.508 e. The molecule has 1 aromatic heterocycles. The van der Waals surface area contributed by atoms with E-state index in [2.05, 4.69) is 15.4 Å². The highest BCUT2D eigenvalue weighted by molar-refractivity contribution is 5.60. The highest BCUT2D eigenvalue weighted by atomic mass is 16.3. The van der Waals surface area contributed by atoms with E-state index in [0.717, 1.165) is 23.2 Å². The Morgan fingerprint density at radius 2 is 1.89 bits per heavy atom. The molecule has 0 aliphatic heterocycles. The van der Waals surface area contributed by atoms with Crippen molar-refractivity contribution in [2.24, 2.45) is 5.84 Å². The van der Waals surface area contributed by atoms with Gasteiger partial charge in [-0.15, -0.1) is 0 Å². The lowest BCUT2D eigenvalue weighted by Crippen LogP contribution is -2.13. The van der Waals surface area contributed by atoms with Crippen molar-refractivity contribution in [3.63, 3.8) is 0 Å². The Bertz CT molecular complexity index is 552. The molecule has 0 aliphatic rings. The fourth-order valence-corrected chi connectivity index (χ4v) is 1.88. The number of hydrazine groups is 1. The molecule has 0 aliphatic carbocycles. The Morgan fingerprint density at radius 1 is 1.22 bits per heavy atom. The Balaban J connectivity index is 2.52. The molecule has 2 rings (SSSR count). The van der Waals surface area contributed by atoms with E-state index in [1.54, 1.807) is 24.3 Å². The number of nitrogens with one attached hydrogen (secondary N) is 1. The molecule has 0 saturated heterocycles. The number of hydrogen-bond donors (Lipinski definition) is 3. The number of nitrogens with two attached hydrogens (primary N) is 1. The fraction of sp³-hybridized carbons (Fsp3) is 0.231. The van der Waals surface area contributed by atoms with Gasteiger partial charge in [-0.25, -0.2) is 15.8 Å². The maximum Gasteiger partial charge on any atom is 0.161 e. The molecule has 4 N–H and O–H groups in total. The van der Waals surface area contributed by atoms with Gasteiger partial charge in [0, 0.05) is 16.8 Å². The van der Waals surface area contributed by atoms with Crippen LogP contribution in [0.5, 0.6) is 5.75 Å². The van der Waals surface area contributed by atoms with E-state index in [-0.39, 0.29) is 5.75 Å². The highest BCUT2D eigenvalue weighted by Gasteiger charge is 2.10. The Hall–Kier alpha value is -2.14. The molecular formula is C13H16N4O. The number of phenols is 1. The Labute approximate surface area is 106 Å². The molecule has 0 saturated carbocycles. The van der Waals surface area contributed by atoms with Crippen LogP contribution >= 0.6 is 0 Å². The summed E-state index contributed by atoms with van der Waals surface area (Å²) >= 11 is 0. The zero-order chi connectivity index (χ0) is 13.1. The van der Waals surface area contributed by atoms with E-state index in [0.29, 0.717) is 11.6 Å². The molecule has 5 heteroatoms. The van der Waals surface area contributed by atoms with Crippen molar-refractivity contribution in [3.05, 3.63) is 35.5 Å². The van der Waals surface area contributed by atoms with Crippen LogP contribution in [-0.4, -0.2) is 15.1 Å². The largest absolute Gasteiger partial charge is 0.508 e. The topological polar surface area (TPSA) is 84.1 Å². The molecule has 0 bridgehead atoms. The minimum atomic E-state index is 0.220. The highest BCUT2D eigenvalue weighted by Crippen LogP contribution is 2.23. The van der Waals surface area contributed by atoms with Crippen molar-refractivity contribution < 1.29 is 5.11 Å². The summed E-state index contributed by atoms with van der Waals surface area (Å²) < 4.78 is 0. The Morgan fingerprint density at radius 3 is 2.44 bits per heavy atom. The van der Waals surface area contributed by atoms with Gasteiger partial charge in [0.05, 0.1) is 0 Å². The van der Waals surface area contributed by atoms with Crippen LogP contribution in [0.2, 0.25) is 0 Å². The van der Waals surface area contributed by atoms with Crippen molar-refractivity contribution >= 4 is 5.82 Å². The summed E-state index contributed by atoms with van der Waals surface area (Å²) in [5, 5.41) is 9.27. The first-order valence-corrected chi connectivity index (χ1v) is 5.79. The van der Waals surface area contributed by atoms with Crippen molar-refractivity contribution in [1.29, 1.82) is 0 Å². The second kappa shape index (κ2) is 5.01. The van der Waals surface area contributed by atoms with Crippen LogP contribution in [0.1, 0.15) is 18.2 Å². The number of phenolic OH excluding ortho intramolecular Hbond substituents is 1. The van der Waals surface area contributed by atoms with Crippen LogP contribution in [0, 0.1) is 6.92 Å². The molecule has 0 spiro atoms. The van der Waals surface area contributed by atoms with Crippen LogP contribution in [0.3, 0.4) is 0 Å². The van der Waals surface area contributed by atoms with Gasteiger partial charge in [0.15, 0.2) is 5.82 Å². The first-order chi connectivity index (χ1) is 8.65. The second-order valence-corrected chi connectivity index (χ2v) is 4.00. The van der Waals surface area contributed by atoms with E-state index < -0.39 is 0 Å². The maximum atomic E-state index is 9.27. The van der Waals surface area contributed by atoms with Crippen LogP contribution in [-0.2, 0) is 6.42 Å². The molecule has 1 aromatic carbocycles. The standard InChI is InChI=1S/C13H16N4O/c1-3-11-8(2)15-12(16-13(11)17-14)9-4-6-10(18)7-5-9/h4-7,18H,3,14H2,1-2H3,(H,15,16,17). The minimum absolute atomic E-state index is 0.220. The van der Waals surface area contributed by atoms with Gasteiger partial charge >= 0.3 is 0 Å². The smallest absolute Gasteiger partial charge is 0.161 e. The zero-order valence-corrected chi connectivity index (χ0v) is 10.4. The summed E-state index contributed by atoms with van der Waals surface area (Å²) in [6.07, 6.45) is 0.821. The molecule has 94 valence electrons. The molecule has 0 fully saturated rings. The lowest BCUT2D eigenvalue weighted by Gasteiger charge is -2.11. The number of aromatic hydroxyl groups is 1. The van der Waals surface area contributed by atoms with E-state index in [1.807, 2.05) is 13.8 Å². The lowest BCUT2D eigenvalue weighted by atomic mass is 10.1. The molecule has 0 amide bonds. The number of hydrogen-bond acceptors (Lipinski definition) is 5.